The van der Waals surface area contributed by atoms with Gasteiger partial charge in [-0.25, -0.2) is 4.39 Å². The van der Waals surface area contributed by atoms with Crippen LogP contribution >= 0.6 is 0 Å². The van der Waals surface area contributed by atoms with Gasteiger partial charge in [-0.1, -0.05) is 12.1 Å². The molecule has 0 bridgehead atoms. The van der Waals surface area contributed by atoms with Gasteiger partial charge in [-0.05, 0) is 31.2 Å². The first-order chi connectivity index (χ1) is 9.06. The second kappa shape index (κ2) is 5.67. The number of nitrogens with one attached hydrogen (secondary N) is 1. The van der Waals surface area contributed by atoms with Gasteiger partial charge in [0, 0.05) is 12.1 Å². The van der Waals surface area contributed by atoms with Crippen LogP contribution in [0.4, 0.5) is 4.39 Å². The van der Waals surface area contributed by atoms with Crippen LogP contribution < -0.4 is 5.32 Å². The third-order valence-electron chi connectivity index (χ3n) is 2.50. The largest absolute Gasteiger partial charge is 0.451 e. The summed E-state index contributed by atoms with van der Waals surface area (Å²) in [6.07, 6.45) is -0.624. The van der Waals surface area contributed by atoms with Gasteiger partial charge in [0.25, 0.3) is 5.91 Å². The zero-order valence-electron chi connectivity index (χ0n) is 10.4. The zero-order chi connectivity index (χ0) is 13.8. The number of benzene rings is 1. The molecule has 1 unspecified atom stereocenters. The Bertz CT molecular complexity index is 578. The maximum Gasteiger partial charge on any atom is 0.287 e. The van der Waals surface area contributed by atoms with Crippen LogP contribution in [0.2, 0.25) is 0 Å². The van der Waals surface area contributed by atoms with Gasteiger partial charge < -0.3 is 14.8 Å². The van der Waals surface area contributed by atoms with Crippen LogP contribution in [-0.4, -0.2) is 23.7 Å². The van der Waals surface area contributed by atoms with Crippen LogP contribution in [0.1, 0.15) is 17.5 Å². The van der Waals surface area contributed by atoms with Crippen LogP contribution in [-0.2, 0) is 0 Å². The van der Waals surface area contributed by atoms with E-state index in [2.05, 4.69) is 5.32 Å². The van der Waals surface area contributed by atoms with E-state index in [9.17, 15) is 9.18 Å². The number of aliphatic hydroxyl groups excluding tert-OH is 1. The van der Waals surface area contributed by atoms with Crippen molar-refractivity contribution >= 4 is 5.91 Å². The Hall–Kier alpha value is -2.14. The Labute approximate surface area is 109 Å². The highest BCUT2D eigenvalue weighted by molar-refractivity contribution is 5.92. The number of furan rings is 1. The summed E-state index contributed by atoms with van der Waals surface area (Å²) in [5.74, 6) is -0.237. The number of aliphatic hydroxyl groups is 1. The first-order valence-corrected chi connectivity index (χ1v) is 5.88. The Morgan fingerprint density at radius 1 is 1.42 bits per heavy atom. The van der Waals surface area contributed by atoms with Crippen molar-refractivity contribution in [3.05, 3.63) is 48.0 Å². The molecule has 1 aromatic heterocycles. The Balaban J connectivity index is 2.13. The number of carbonyl (C=O) groups excluding carboxylic acids is 1. The molecule has 0 saturated heterocycles. The highest BCUT2D eigenvalue weighted by atomic mass is 19.1. The van der Waals surface area contributed by atoms with Crippen molar-refractivity contribution in [3.63, 3.8) is 0 Å². The van der Waals surface area contributed by atoms with Crippen molar-refractivity contribution in [1.29, 1.82) is 0 Å². The molecule has 0 fully saturated rings. The summed E-state index contributed by atoms with van der Waals surface area (Å²) in [6.45, 7) is 1.72. The van der Waals surface area contributed by atoms with Gasteiger partial charge in [0.05, 0.1) is 6.10 Å². The van der Waals surface area contributed by atoms with Gasteiger partial charge in [0.15, 0.2) is 5.76 Å². The summed E-state index contributed by atoms with van der Waals surface area (Å²) in [4.78, 5) is 11.7. The molecule has 1 amide bonds. The van der Waals surface area contributed by atoms with Crippen LogP contribution in [0.15, 0.2) is 40.8 Å². The van der Waals surface area contributed by atoms with E-state index in [1.54, 1.807) is 25.1 Å². The molecule has 0 spiro atoms. The van der Waals surface area contributed by atoms with Crippen molar-refractivity contribution < 1.29 is 18.7 Å². The predicted molar refractivity (Wildman–Crippen MR) is 68.1 cm³/mol. The average Bonchev–Trinajstić information content (AvgIpc) is 2.85. The lowest BCUT2D eigenvalue weighted by atomic mass is 10.2. The number of hydrogen-bond donors (Lipinski definition) is 2. The zero-order valence-corrected chi connectivity index (χ0v) is 10.4. The van der Waals surface area contributed by atoms with Gasteiger partial charge >= 0.3 is 0 Å². The minimum Gasteiger partial charge on any atom is -0.451 e. The van der Waals surface area contributed by atoms with E-state index in [1.807, 2.05) is 0 Å². The second-order valence-corrected chi connectivity index (χ2v) is 4.23. The van der Waals surface area contributed by atoms with E-state index in [1.165, 1.54) is 18.2 Å². The molecule has 1 aromatic carbocycles. The van der Waals surface area contributed by atoms with Crippen molar-refractivity contribution in [2.45, 2.75) is 13.0 Å². The summed E-state index contributed by atoms with van der Waals surface area (Å²) in [5.41, 5.74) is 0.564. The highest BCUT2D eigenvalue weighted by Crippen LogP contribution is 2.22. The van der Waals surface area contributed by atoms with Crippen molar-refractivity contribution in [2.75, 3.05) is 6.54 Å². The summed E-state index contributed by atoms with van der Waals surface area (Å²) < 4.78 is 18.4. The van der Waals surface area contributed by atoms with Gasteiger partial charge in [0.1, 0.15) is 11.6 Å². The summed E-state index contributed by atoms with van der Waals surface area (Å²) in [6, 6.07) is 9.04. The molecule has 0 aliphatic carbocycles. The van der Waals surface area contributed by atoms with E-state index in [0.717, 1.165) is 0 Å². The molecule has 1 atom stereocenters. The number of amides is 1. The summed E-state index contributed by atoms with van der Waals surface area (Å²) in [7, 11) is 0. The van der Waals surface area contributed by atoms with Crippen molar-refractivity contribution in [3.8, 4) is 11.3 Å². The molecular weight excluding hydrogens is 249 g/mol. The SMILES string of the molecule is CC(O)CNC(=O)c1ccc(-c2cccc(F)c2)o1. The number of hydrogen-bond acceptors (Lipinski definition) is 3. The van der Waals surface area contributed by atoms with E-state index < -0.39 is 12.0 Å². The molecule has 2 aromatic rings. The van der Waals surface area contributed by atoms with Gasteiger partial charge in [-0.2, -0.15) is 0 Å². The maximum absolute atomic E-state index is 13.1. The van der Waals surface area contributed by atoms with Crippen molar-refractivity contribution in [1.82, 2.24) is 5.32 Å². The number of halogens is 1. The Morgan fingerprint density at radius 2 is 2.21 bits per heavy atom. The predicted octanol–water partition coefficient (Wildman–Crippen LogP) is 2.20. The van der Waals surface area contributed by atoms with E-state index in [0.29, 0.717) is 11.3 Å². The number of rotatable bonds is 4. The lowest BCUT2D eigenvalue weighted by molar-refractivity contribution is 0.0897. The monoisotopic (exact) mass is 263 g/mol. The molecule has 100 valence electrons. The molecule has 5 heteroatoms. The summed E-state index contributed by atoms with van der Waals surface area (Å²) in [5, 5.41) is 11.6. The van der Waals surface area contributed by atoms with Crippen LogP contribution in [0, 0.1) is 5.82 Å². The molecule has 2 rings (SSSR count). The summed E-state index contributed by atoms with van der Waals surface area (Å²) >= 11 is 0. The highest BCUT2D eigenvalue weighted by Gasteiger charge is 2.12. The van der Waals surface area contributed by atoms with Crippen LogP contribution in [0.3, 0.4) is 0 Å². The molecule has 0 aliphatic rings. The minimum atomic E-state index is -0.624. The topological polar surface area (TPSA) is 62.5 Å². The van der Waals surface area contributed by atoms with E-state index in [4.69, 9.17) is 9.52 Å². The smallest absolute Gasteiger partial charge is 0.287 e. The Morgan fingerprint density at radius 3 is 2.89 bits per heavy atom. The third kappa shape index (κ3) is 3.42. The number of carbonyl (C=O) groups is 1. The van der Waals surface area contributed by atoms with Crippen LogP contribution in [0.5, 0.6) is 0 Å². The maximum atomic E-state index is 13.1. The molecule has 1 heterocycles. The molecule has 0 saturated carbocycles. The molecule has 19 heavy (non-hydrogen) atoms. The molecule has 0 radical (unpaired) electrons. The molecular formula is C14H14FNO3. The standard InChI is InChI=1S/C14H14FNO3/c1-9(17)8-16-14(18)13-6-5-12(19-13)10-3-2-4-11(15)7-10/h2-7,9,17H,8H2,1H3,(H,16,18). The fourth-order valence-electron chi connectivity index (χ4n) is 1.58. The van der Waals surface area contributed by atoms with E-state index in [-0.39, 0.29) is 18.1 Å². The minimum absolute atomic E-state index is 0.125. The van der Waals surface area contributed by atoms with Gasteiger partial charge in [-0.3, -0.25) is 4.79 Å². The fourth-order valence-corrected chi connectivity index (χ4v) is 1.58. The normalized spacial score (nSPS) is 12.2. The van der Waals surface area contributed by atoms with Gasteiger partial charge in [0.2, 0.25) is 0 Å². The lowest BCUT2D eigenvalue weighted by Gasteiger charge is -2.04. The van der Waals surface area contributed by atoms with E-state index >= 15 is 0 Å². The molecule has 0 aliphatic heterocycles. The first-order valence-electron chi connectivity index (χ1n) is 5.88. The molecule has 2 N–H and O–H groups in total. The Kier molecular flexibility index (Phi) is 3.97. The lowest BCUT2D eigenvalue weighted by Crippen LogP contribution is -2.30. The molecule has 4 nitrogen and oxygen atoms in total. The fraction of sp³-hybridized carbons (Fsp3) is 0.214. The quantitative estimate of drug-likeness (QED) is 0.888. The first kappa shape index (κ1) is 13.3. The van der Waals surface area contributed by atoms with Crippen molar-refractivity contribution in [2.24, 2.45) is 0 Å². The third-order valence-corrected chi connectivity index (χ3v) is 2.50. The van der Waals surface area contributed by atoms with Gasteiger partial charge in [-0.15, -0.1) is 0 Å². The van der Waals surface area contributed by atoms with Crippen LogP contribution in [0.25, 0.3) is 11.3 Å². The second-order valence-electron chi connectivity index (χ2n) is 4.23. The average molecular weight is 263 g/mol.